The van der Waals surface area contributed by atoms with Gasteiger partial charge in [0.2, 0.25) is 0 Å². The number of rotatable bonds is 10. The minimum atomic E-state index is -1.31. The van der Waals surface area contributed by atoms with E-state index in [1.165, 1.54) is 12.1 Å². The average Bonchev–Trinajstić information content (AvgIpc) is 3.21. The van der Waals surface area contributed by atoms with E-state index in [9.17, 15) is 9.18 Å². The molecule has 1 aliphatic heterocycles. The van der Waals surface area contributed by atoms with Crippen molar-refractivity contribution in [3.8, 4) is 0 Å². The number of benzene rings is 1. The molecule has 0 radical (unpaired) electrons. The summed E-state index contributed by atoms with van der Waals surface area (Å²) in [5.74, 6) is 0.945. The van der Waals surface area contributed by atoms with Gasteiger partial charge in [0, 0.05) is 32.0 Å². The predicted octanol–water partition coefficient (Wildman–Crippen LogP) is 4.51. The van der Waals surface area contributed by atoms with Crippen LogP contribution in [-0.4, -0.2) is 44.8 Å². The van der Waals surface area contributed by atoms with E-state index in [-0.39, 0.29) is 5.82 Å². The van der Waals surface area contributed by atoms with E-state index in [0.717, 1.165) is 48.7 Å². The summed E-state index contributed by atoms with van der Waals surface area (Å²) in [4.78, 5) is 13.2. The molecule has 0 unspecified atom stereocenters. The number of hydrogen-bond acceptors (Lipinski definition) is 5. The van der Waals surface area contributed by atoms with Gasteiger partial charge in [0.25, 0.3) is 0 Å². The maximum absolute atomic E-state index is 13.0. The maximum atomic E-state index is 13.0. The first-order valence-corrected chi connectivity index (χ1v) is 10.5. The fourth-order valence-electron chi connectivity index (χ4n) is 3.08. The smallest absolute Gasteiger partial charge is 0.449 e. The van der Waals surface area contributed by atoms with E-state index < -0.39 is 6.16 Å². The second kappa shape index (κ2) is 10.7. The Labute approximate surface area is 173 Å². The van der Waals surface area contributed by atoms with Crippen LogP contribution in [0.2, 0.25) is 0 Å². The maximum Gasteiger partial charge on any atom is 0.511 e. The highest BCUT2D eigenvalue weighted by Crippen LogP contribution is 2.30. The van der Waals surface area contributed by atoms with Crippen molar-refractivity contribution in [1.82, 2.24) is 14.7 Å². The lowest BCUT2D eigenvalue weighted by atomic mass is 10.1. The van der Waals surface area contributed by atoms with E-state index in [0.29, 0.717) is 12.3 Å². The number of ether oxygens (including phenoxy) is 1. The Kier molecular flexibility index (Phi) is 7.75. The quantitative estimate of drug-likeness (QED) is 0.453. The summed E-state index contributed by atoms with van der Waals surface area (Å²) in [7, 11) is 0. The number of carbonyl (C=O) groups is 1. The van der Waals surface area contributed by atoms with Gasteiger partial charge in [-0.2, -0.15) is 5.10 Å². The summed E-state index contributed by atoms with van der Waals surface area (Å²) in [6.07, 6.45) is 8.62. The van der Waals surface area contributed by atoms with Gasteiger partial charge in [0.15, 0.2) is 5.76 Å². The van der Waals surface area contributed by atoms with Gasteiger partial charge in [-0.05, 0) is 54.9 Å². The van der Waals surface area contributed by atoms with Crippen molar-refractivity contribution in [2.24, 2.45) is 0 Å². The molecular weight excluding hydrogens is 393 g/mol. The van der Waals surface area contributed by atoms with Crippen LogP contribution < -0.4 is 0 Å². The van der Waals surface area contributed by atoms with Crippen LogP contribution in [-0.2, 0) is 17.7 Å². The second-order valence-electron chi connectivity index (χ2n) is 6.59. The normalized spacial score (nSPS) is 13.8. The standard InChI is InChI=1S/C21H24FN3O3S/c22-18-9-7-17(8-10-18)5-2-16-29-20-19(28-21(26)27)6-1-12-24(20)13-4-15-25-14-3-11-23-25/h1,3,6-11,14H,2,4-5,12-13,15-16H2,(H,26,27). The molecule has 8 heteroatoms. The number of halogens is 1. The molecule has 0 aliphatic carbocycles. The predicted molar refractivity (Wildman–Crippen MR) is 111 cm³/mol. The third-order valence-corrected chi connectivity index (χ3v) is 5.65. The molecule has 0 amide bonds. The molecule has 0 saturated heterocycles. The van der Waals surface area contributed by atoms with Crippen molar-refractivity contribution >= 4 is 17.9 Å². The zero-order valence-electron chi connectivity index (χ0n) is 16.0. The number of carboxylic acid groups (broad SMARTS) is 1. The van der Waals surface area contributed by atoms with Crippen molar-refractivity contribution in [1.29, 1.82) is 0 Å². The highest BCUT2D eigenvalue weighted by Gasteiger charge is 2.20. The lowest BCUT2D eigenvalue weighted by molar-refractivity contribution is 0.119. The Morgan fingerprint density at radius 3 is 2.79 bits per heavy atom. The minimum Gasteiger partial charge on any atom is -0.449 e. The number of thioether (sulfide) groups is 1. The van der Waals surface area contributed by atoms with Crippen LogP contribution in [0, 0.1) is 5.82 Å². The Bertz CT molecular complexity index is 851. The molecular formula is C21H24FN3O3S. The zero-order valence-corrected chi connectivity index (χ0v) is 16.9. The van der Waals surface area contributed by atoms with Crippen LogP contribution in [0.5, 0.6) is 0 Å². The Hall–Kier alpha value is -2.74. The molecule has 6 nitrogen and oxygen atoms in total. The topological polar surface area (TPSA) is 67.6 Å². The molecule has 2 aromatic rings. The van der Waals surface area contributed by atoms with Gasteiger partial charge in [0.05, 0.1) is 0 Å². The lowest BCUT2D eigenvalue weighted by Crippen LogP contribution is -2.28. The molecule has 0 spiro atoms. The monoisotopic (exact) mass is 417 g/mol. The summed E-state index contributed by atoms with van der Waals surface area (Å²) in [5, 5.41) is 14.1. The molecule has 154 valence electrons. The number of aromatic nitrogens is 2. The lowest BCUT2D eigenvalue weighted by Gasteiger charge is -2.29. The molecule has 1 aromatic heterocycles. The SMILES string of the molecule is O=C(O)OC1=C(SCCCc2ccc(F)cc2)N(CCCn2cccn2)CC=C1. The van der Waals surface area contributed by atoms with Crippen molar-refractivity contribution < 1.29 is 19.0 Å². The summed E-state index contributed by atoms with van der Waals surface area (Å²) in [5.41, 5.74) is 1.09. The van der Waals surface area contributed by atoms with E-state index in [2.05, 4.69) is 10.00 Å². The van der Waals surface area contributed by atoms with Crippen LogP contribution in [0.25, 0.3) is 0 Å². The van der Waals surface area contributed by atoms with Gasteiger partial charge >= 0.3 is 6.16 Å². The molecule has 2 heterocycles. The fraction of sp³-hybridized carbons (Fsp3) is 0.333. The van der Waals surface area contributed by atoms with Gasteiger partial charge in [-0.3, -0.25) is 4.68 Å². The average molecular weight is 418 g/mol. The third kappa shape index (κ3) is 6.67. The molecule has 1 aromatic carbocycles. The molecule has 0 atom stereocenters. The van der Waals surface area contributed by atoms with E-state index in [1.54, 1.807) is 36.2 Å². The van der Waals surface area contributed by atoms with E-state index in [4.69, 9.17) is 9.84 Å². The molecule has 1 N–H and O–H groups in total. The number of aryl methyl sites for hydroxylation is 2. The minimum absolute atomic E-state index is 0.233. The van der Waals surface area contributed by atoms with Crippen LogP contribution in [0.15, 0.2) is 65.7 Å². The van der Waals surface area contributed by atoms with Gasteiger partial charge in [-0.1, -0.05) is 18.2 Å². The molecule has 0 saturated carbocycles. The van der Waals surface area contributed by atoms with E-state index in [1.807, 2.05) is 23.0 Å². The Morgan fingerprint density at radius 1 is 1.24 bits per heavy atom. The zero-order chi connectivity index (χ0) is 20.5. The van der Waals surface area contributed by atoms with Crippen molar-refractivity contribution in [3.63, 3.8) is 0 Å². The van der Waals surface area contributed by atoms with Crippen LogP contribution in [0.3, 0.4) is 0 Å². The van der Waals surface area contributed by atoms with Crippen molar-refractivity contribution in [3.05, 3.63) is 77.0 Å². The van der Waals surface area contributed by atoms with Crippen LogP contribution in [0.1, 0.15) is 18.4 Å². The van der Waals surface area contributed by atoms with Crippen molar-refractivity contribution in [2.45, 2.75) is 25.8 Å². The highest BCUT2D eigenvalue weighted by atomic mass is 32.2. The second-order valence-corrected chi connectivity index (χ2v) is 7.67. The first-order chi connectivity index (χ1) is 14.1. The van der Waals surface area contributed by atoms with Gasteiger partial charge < -0.3 is 14.7 Å². The first kappa shape index (κ1) is 21.0. The van der Waals surface area contributed by atoms with Crippen LogP contribution >= 0.6 is 11.8 Å². The molecule has 0 fully saturated rings. The summed E-state index contributed by atoms with van der Waals surface area (Å²) < 4.78 is 19.9. The highest BCUT2D eigenvalue weighted by molar-refractivity contribution is 8.03. The van der Waals surface area contributed by atoms with Gasteiger partial charge in [-0.25, -0.2) is 9.18 Å². The molecule has 1 aliphatic rings. The summed E-state index contributed by atoms with van der Waals surface area (Å²) >= 11 is 1.60. The molecule has 0 bridgehead atoms. The van der Waals surface area contributed by atoms with Gasteiger partial charge in [-0.15, -0.1) is 11.8 Å². The summed E-state index contributed by atoms with van der Waals surface area (Å²) in [6.45, 7) is 2.29. The Morgan fingerprint density at radius 2 is 2.07 bits per heavy atom. The van der Waals surface area contributed by atoms with Gasteiger partial charge in [0.1, 0.15) is 10.8 Å². The number of hydrogen-bond donors (Lipinski definition) is 1. The Balaban J connectivity index is 1.56. The largest absolute Gasteiger partial charge is 0.511 e. The third-order valence-electron chi connectivity index (χ3n) is 4.43. The summed E-state index contributed by atoms with van der Waals surface area (Å²) in [6, 6.07) is 8.42. The molecule has 3 rings (SSSR count). The number of nitrogens with zero attached hydrogens (tertiary/aromatic N) is 3. The molecule has 29 heavy (non-hydrogen) atoms. The van der Waals surface area contributed by atoms with E-state index >= 15 is 0 Å². The fourth-order valence-corrected chi connectivity index (χ4v) is 4.16. The first-order valence-electron chi connectivity index (χ1n) is 9.53. The van der Waals surface area contributed by atoms with Crippen molar-refractivity contribution in [2.75, 3.05) is 18.8 Å². The number of allylic oxidation sites excluding steroid dienone is 1. The van der Waals surface area contributed by atoms with Crippen LogP contribution in [0.4, 0.5) is 9.18 Å².